The first-order valence-corrected chi connectivity index (χ1v) is 5.81. The minimum atomic E-state index is 0.288. The highest BCUT2D eigenvalue weighted by molar-refractivity contribution is 5.29. The van der Waals surface area contributed by atoms with Crippen LogP contribution in [0, 0.1) is 0 Å². The van der Waals surface area contributed by atoms with Gasteiger partial charge in [-0.05, 0) is 24.6 Å². The van der Waals surface area contributed by atoms with Crippen LogP contribution in [-0.4, -0.2) is 25.4 Å². The molecule has 86 valence electrons. The fourth-order valence-electron chi connectivity index (χ4n) is 1.92. The molecule has 3 unspecified atom stereocenters. The lowest BCUT2D eigenvalue weighted by Gasteiger charge is -2.33. The van der Waals surface area contributed by atoms with Crippen LogP contribution in [0.25, 0.3) is 0 Å². The second-order valence-electron chi connectivity index (χ2n) is 4.51. The van der Waals surface area contributed by atoms with Crippen LogP contribution in [0.15, 0.2) is 24.3 Å². The zero-order chi connectivity index (χ0) is 11.0. The number of rotatable bonds is 4. The van der Waals surface area contributed by atoms with Gasteiger partial charge in [-0.15, -0.1) is 0 Å². The Bertz CT molecular complexity index is 350. The highest BCUT2D eigenvalue weighted by atomic mass is 16.6. The van der Waals surface area contributed by atoms with Crippen LogP contribution >= 0.6 is 0 Å². The molecule has 2 aliphatic heterocycles. The number of hydrogen-bond acceptors (Lipinski definition) is 3. The van der Waals surface area contributed by atoms with Gasteiger partial charge in [0.2, 0.25) is 0 Å². The molecule has 0 spiro atoms. The molecule has 0 amide bonds. The van der Waals surface area contributed by atoms with Crippen molar-refractivity contribution in [3.8, 4) is 5.75 Å². The molecule has 3 atom stereocenters. The molecule has 2 saturated heterocycles. The normalized spacial score (nSPS) is 31.9. The average molecular weight is 220 g/mol. The predicted molar refractivity (Wildman–Crippen MR) is 59.6 cm³/mol. The molecule has 3 rings (SSSR count). The molecule has 2 aliphatic rings. The molecule has 0 bridgehead atoms. The molecule has 3 nitrogen and oxygen atoms in total. The van der Waals surface area contributed by atoms with Gasteiger partial charge in [0.15, 0.2) is 0 Å². The number of ether oxygens (including phenoxy) is 3. The Labute approximate surface area is 95.3 Å². The monoisotopic (exact) mass is 220 g/mol. The van der Waals surface area contributed by atoms with Crippen LogP contribution in [0.1, 0.15) is 25.0 Å². The molecule has 1 aromatic carbocycles. The molecule has 0 radical (unpaired) electrons. The first kappa shape index (κ1) is 10.1. The molecule has 2 fully saturated rings. The van der Waals surface area contributed by atoms with Gasteiger partial charge in [-0.3, -0.25) is 0 Å². The largest absolute Gasteiger partial charge is 0.491 e. The van der Waals surface area contributed by atoms with Gasteiger partial charge in [-0.1, -0.05) is 12.1 Å². The first-order chi connectivity index (χ1) is 7.81. The summed E-state index contributed by atoms with van der Waals surface area (Å²) < 4.78 is 16.3. The number of epoxide rings is 1. The highest BCUT2D eigenvalue weighted by Crippen LogP contribution is 2.35. The quantitative estimate of drug-likeness (QED) is 0.730. The summed E-state index contributed by atoms with van der Waals surface area (Å²) in [6.45, 7) is 3.60. The zero-order valence-electron chi connectivity index (χ0n) is 9.39. The fraction of sp³-hybridized carbons (Fsp3) is 0.538. The maximum atomic E-state index is 5.61. The van der Waals surface area contributed by atoms with Gasteiger partial charge >= 0.3 is 0 Å². The lowest BCUT2D eigenvalue weighted by molar-refractivity contribution is -0.116. The summed E-state index contributed by atoms with van der Waals surface area (Å²) in [4.78, 5) is 0. The Balaban J connectivity index is 1.56. The zero-order valence-corrected chi connectivity index (χ0v) is 9.39. The second-order valence-corrected chi connectivity index (χ2v) is 4.51. The van der Waals surface area contributed by atoms with E-state index < -0.39 is 0 Å². The van der Waals surface area contributed by atoms with E-state index in [2.05, 4.69) is 19.1 Å². The summed E-state index contributed by atoms with van der Waals surface area (Å²) in [5, 5.41) is 0. The molecule has 0 saturated carbocycles. The van der Waals surface area contributed by atoms with E-state index in [0.717, 1.165) is 18.8 Å². The minimum absolute atomic E-state index is 0.288. The van der Waals surface area contributed by atoms with E-state index in [0.29, 0.717) is 18.8 Å². The van der Waals surface area contributed by atoms with E-state index in [9.17, 15) is 0 Å². The van der Waals surface area contributed by atoms with E-state index in [1.165, 1.54) is 5.56 Å². The van der Waals surface area contributed by atoms with Crippen molar-refractivity contribution >= 4 is 0 Å². The summed E-state index contributed by atoms with van der Waals surface area (Å²) in [7, 11) is 0. The van der Waals surface area contributed by atoms with Gasteiger partial charge in [-0.2, -0.15) is 0 Å². The Morgan fingerprint density at radius 1 is 1.31 bits per heavy atom. The molecule has 3 heteroatoms. The smallest absolute Gasteiger partial charge is 0.119 e. The summed E-state index contributed by atoms with van der Waals surface area (Å²) in [5.74, 6) is 0.909. The SMILES string of the molecule is CC1CC(c2ccc(OCC3CO3)cc2)O1. The van der Waals surface area contributed by atoms with Crippen LogP contribution < -0.4 is 4.74 Å². The Kier molecular flexibility index (Phi) is 2.58. The summed E-state index contributed by atoms with van der Waals surface area (Å²) in [6, 6.07) is 8.17. The van der Waals surface area contributed by atoms with Gasteiger partial charge in [0.1, 0.15) is 18.5 Å². The maximum absolute atomic E-state index is 5.61. The molecule has 16 heavy (non-hydrogen) atoms. The molecule has 0 aliphatic carbocycles. The topological polar surface area (TPSA) is 31.0 Å². The second kappa shape index (κ2) is 4.07. The Hall–Kier alpha value is -1.06. The fourth-order valence-corrected chi connectivity index (χ4v) is 1.92. The molecule has 2 heterocycles. The third-order valence-electron chi connectivity index (χ3n) is 3.03. The van der Waals surface area contributed by atoms with E-state index in [1.54, 1.807) is 0 Å². The molecular formula is C13H16O3. The molecule has 0 N–H and O–H groups in total. The molecule has 1 aromatic rings. The minimum Gasteiger partial charge on any atom is -0.491 e. The Morgan fingerprint density at radius 3 is 2.56 bits per heavy atom. The van der Waals surface area contributed by atoms with Crippen LogP contribution in [-0.2, 0) is 9.47 Å². The average Bonchev–Trinajstić information content (AvgIpc) is 3.07. The number of hydrogen-bond donors (Lipinski definition) is 0. The lowest BCUT2D eigenvalue weighted by Crippen LogP contribution is -2.27. The van der Waals surface area contributed by atoms with Crippen molar-refractivity contribution in [2.45, 2.75) is 31.7 Å². The molecular weight excluding hydrogens is 204 g/mol. The first-order valence-electron chi connectivity index (χ1n) is 5.81. The summed E-state index contributed by atoms with van der Waals surface area (Å²) in [5.41, 5.74) is 1.24. The maximum Gasteiger partial charge on any atom is 0.119 e. The van der Waals surface area contributed by atoms with Crippen molar-refractivity contribution < 1.29 is 14.2 Å². The number of benzene rings is 1. The van der Waals surface area contributed by atoms with Crippen molar-refractivity contribution in [3.63, 3.8) is 0 Å². The van der Waals surface area contributed by atoms with Gasteiger partial charge in [0, 0.05) is 6.42 Å². The van der Waals surface area contributed by atoms with Crippen molar-refractivity contribution in [1.29, 1.82) is 0 Å². The van der Waals surface area contributed by atoms with Crippen molar-refractivity contribution in [1.82, 2.24) is 0 Å². The van der Waals surface area contributed by atoms with Crippen LogP contribution in [0.3, 0.4) is 0 Å². The highest BCUT2D eigenvalue weighted by Gasteiger charge is 2.27. The van der Waals surface area contributed by atoms with Crippen LogP contribution in [0.5, 0.6) is 5.75 Å². The van der Waals surface area contributed by atoms with E-state index in [4.69, 9.17) is 14.2 Å². The van der Waals surface area contributed by atoms with Gasteiger partial charge in [0.05, 0.1) is 18.8 Å². The Morgan fingerprint density at radius 2 is 2.00 bits per heavy atom. The summed E-state index contributed by atoms with van der Waals surface area (Å²) >= 11 is 0. The van der Waals surface area contributed by atoms with E-state index in [1.807, 2.05) is 12.1 Å². The van der Waals surface area contributed by atoms with Crippen molar-refractivity contribution in [2.75, 3.05) is 13.2 Å². The van der Waals surface area contributed by atoms with Crippen LogP contribution in [0.2, 0.25) is 0 Å². The van der Waals surface area contributed by atoms with Crippen LogP contribution in [0.4, 0.5) is 0 Å². The lowest BCUT2D eigenvalue weighted by atomic mass is 9.98. The predicted octanol–water partition coefficient (Wildman–Crippen LogP) is 2.31. The van der Waals surface area contributed by atoms with E-state index >= 15 is 0 Å². The summed E-state index contributed by atoms with van der Waals surface area (Å²) in [6.07, 6.45) is 2.13. The van der Waals surface area contributed by atoms with Crippen molar-refractivity contribution in [2.24, 2.45) is 0 Å². The van der Waals surface area contributed by atoms with Crippen molar-refractivity contribution in [3.05, 3.63) is 29.8 Å². The molecule has 0 aromatic heterocycles. The van der Waals surface area contributed by atoms with Gasteiger partial charge < -0.3 is 14.2 Å². The van der Waals surface area contributed by atoms with Gasteiger partial charge in [0.25, 0.3) is 0 Å². The van der Waals surface area contributed by atoms with E-state index in [-0.39, 0.29) is 6.10 Å². The third kappa shape index (κ3) is 2.20. The standard InChI is InChI=1S/C13H16O3/c1-9-6-13(16-9)10-2-4-11(5-3-10)14-7-12-8-15-12/h2-5,9,12-13H,6-8H2,1H3. The van der Waals surface area contributed by atoms with Gasteiger partial charge in [-0.25, -0.2) is 0 Å². The third-order valence-corrected chi connectivity index (χ3v) is 3.03.